The molecule has 80 valence electrons. The van der Waals surface area contributed by atoms with E-state index in [1.165, 1.54) is 38.5 Å². The van der Waals surface area contributed by atoms with Crippen molar-refractivity contribution >= 4 is 5.78 Å². The van der Waals surface area contributed by atoms with Crippen molar-refractivity contribution < 1.29 is 4.79 Å². The number of rotatable bonds is 3. The van der Waals surface area contributed by atoms with Crippen LogP contribution in [-0.2, 0) is 4.79 Å². The summed E-state index contributed by atoms with van der Waals surface area (Å²) in [6, 6.07) is 0. The van der Waals surface area contributed by atoms with Crippen LogP contribution in [-0.4, -0.2) is 5.78 Å². The first-order chi connectivity index (χ1) is 6.72. The van der Waals surface area contributed by atoms with Gasteiger partial charge in [0.15, 0.2) is 0 Å². The van der Waals surface area contributed by atoms with Gasteiger partial charge in [-0.05, 0) is 43.9 Å². The van der Waals surface area contributed by atoms with Crippen LogP contribution in [0, 0.1) is 23.7 Å². The molecule has 2 rings (SSSR count). The Kier molecular flexibility index (Phi) is 2.94. The highest BCUT2D eigenvalue weighted by Gasteiger charge is 2.42. The van der Waals surface area contributed by atoms with E-state index in [0.29, 0.717) is 23.5 Å². The maximum atomic E-state index is 12.0. The highest BCUT2D eigenvalue weighted by atomic mass is 16.1. The van der Waals surface area contributed by atoms with Gasteiger partial charge in [-0.1, -0.05) is 20.3 Å². The molecule has 0 heterocycles. The molecule has 0 aromatic rings. The Balaban J connectivity index is 1.80. The van der Waals surface area contributed by atoms with Gasteiger partial charge >= 0.3 is 0 Å². The molecule has 0 saturated heterocycles. The quantitative estimate of drug-likeness (QED) is 0.672. The molecule has 0 aliphatic heterocycles. The zero-order valence-electron chi connectivity index (χ0n) is 9.46. The second-order valence-corrected chi connectivity index (χ2v) is 5.35. The molecule has 0 spiro atoms. The van der Waals surface area contributed by atoms with Crippen molar-refractivity contribution in [2.75, 3.05) is 0 Å². The van der Waals surface area contributed by atoms with Crippen molar-refractivity contribution in [1.29, 1.82) is 0 Å². The van der Waals surface area contributed by atoms with Crippen molar-refractivity contribution in [1.82, 2.24) is 0 Å². The topological polar surface area (TPSA) is 17.1 Å². The summed E-state index contributed by atoms with van der Waals surface area (Å²) in [6.45, 7) is 4.48. The standard InChI is InChI=1S/C13H22O/c1-3-10-4-6-11(7-5-10)13(14)12-8-9(12)2/h9-12H,3-8H2,1-2H3. The molecule has 2 aliphatic rings. The lowest BCUT2D eigenvalue weighted by Crippen LogP contribution is -2.23. The average Bonchev–Trinajstić information content (AvgIpc) is 2.95. The Morgan fingerprint density at radius 1 is 1.21 bits per heavy atom. The Bertz CT molecular complexity index is 213. The zero-order chi connectivity index (χ0) is 10.1. The van der Waals surface area contributed by atoms with Gasteiger partial charge in [0.05, 0.1) is 0 Å². The molecule has 0 aromatic heterocycles. The SMILES string of the molecule is CCC1CCC(C(=O)C2CC2C)CC1. The van der Waals surface area contributed by atoms with Crippen molar-refractivity contribution in [3.05, 3.63) is 0 Å². The summed E-state index contributed by atoms with van der Waals surface area (Å²) < 4.78 is 0. The van der Waals surface area contributed by atoms with Gasteiger partial charge < -0.3 is 0 Å². The van der Waals surface area contributed by atoms with Crippen LogP contribution < -0.4 is 0 Å². The fourth-order valence-electron chi connectivity index (χ4n) is 2.88. The molecule has 0 N–H and O–H groups in total. The van der Waals surface area contributed by atoms with Crippen LogP contribution in [0.5, 0.6) is 0 Å². The van der Waals surface area contributed by atoms with Gasteiger partial charge in [-0.2, -0.15) is 0 Å². The van der Waals surface area contributed by atoms with Gasteiger partial charge in [-0.15, -0.1) is 0 Å². The second kappa shape index (κ2) is 4.04. The molecule has 1 nitrogen and oxygen atoms in total. The molecule has 2 fully saturated rings. The van der Waals surface area contributed by atoms with E-state index < -0.39 is 0 Å². The molecule has 1 heteroatoms. The average molecular weight is 194 g/mol. The molecular weight excluding hydrogens is 172 g/mol. The highest BCUT2D eigenvalue weighted by molar-refractivity contribution is 5.85. The Morgan fingerprint density at radius 3 is 2.21 bits per heavy atom. The highest BCUT2D eigenvalue weighted by Crippen LogP contribution is 2.43. The molecule has 0 amide bonds. The number of hydrogen-bond donors (Lipinski definition) is 0. The first kappa shape index (κ1) is 10.2. The largest absolute Gasteiger partial charge is 0.299 e. The van der Waals surface area contributed by atoms with Gasteiger partial charge in [0.1, 0.15) is 5.78 Å². The number of carbonyl (C=O) groups excluding carboxylic acids is 1. The Hall–Kier alpha value is -0.330. The van der Waals surface area contributed by atoms with E-state index >= 15 is 0 Å². The predicted molar refractivity (Wildman–Crippen MR) is 58.0 cm³/mol. The minimum Gasteiger partial charge on any atom is -0.299 e. The lowest BCUT2D eigenvalue weighted by Gasteiger charge is -2.26. The van der Waals surface area contributed by atoms with Gasteiger partial charge in [0.2, 0.25) is 0 Å². The van der Waals surface area contributed by atoms with Gasteiger partial charge in [0, 0.05) is 11.8 Å². The van der Waals surface area contributed by atoms with Crippen molar-refractivity contribution in [3.8, 4) is 0 Å². The lowest BCUT2D eigenvalue weighted by molar-refractivity contribution is -0.125. The number of ketones is 1. The minimum atomic E-state index is 0.438. The van der Waals surface area contributed by atoms with E-state index in [1.54, 1.807) is 0 Å². The Morgan fingerprint density at radius 2 is 1.79 bits per heavy atom. The normalized spacial score (nSPS) is 42.1. The fourth-order valence-corrected chi connectivity index (χ4v) is 2.88. The first-order valence-corrected chi connectivity index (χ1v) is 6.26. The maximum Gasteiger partial charge on any atom is 0.139 e. The Labute approximate surface area is 87.3 Å². The summed E-state index contributed by atoms with van der Waals surface area (Å²) in [7, 11) is 0. The predicted octanol–water partition coefficient (Wildman–Crippen LogP) is 3.43. The molecule has 0 aromatic carbocycles. The minimum absolute atomic E-state index is 0.438. The molecular formula is C13H22O. The molecule has 14 heavy (non-hydrogen) atoms. The van der Waals surface area contributed by atoms with Crippen LogP contribution in [0.3, 0.4) is 0 Å². The van der Waals surface area contributed by atoms with E-state index in [1.807, 2.05) is 0 Å². The van der Waals surface area contributed by atoms with E-state index in [9.17, 15) is 4.79 Å². The van der Waals surface area contributed by atoms with Crippen LogP contribution >= 0.6 is 0 Å². The van der Waals surface area contributed by atoms with Crippen molar-refractivity contribution in [2.45, 2.75) is 52.4 Å². The number of carbonyl (C=O) groups is 1. The van der Waals surface area contributed by atoms with Crippen LogP contribution in [0.15, 0.2) is 0 Å². The van der Waals surface area contributed by atoms with Crippen molar-refractivity contribution in [3.63, 3.8) is 0 Å². The van der Waals surface area contributed by atoms with Crippen LogP contribution in [0.1, 0.15) is 52.4 Å². The van der Waals surface area contributed by atoms with E-state index in [4.69, 9.17) is 0 Å². The third kappa shape index (κ3) is 2.02. The summed E-state index contributed by atoms with van der Waals surface area (Å²) in [5.74, 6) is 3.11. The fraction of sp³-hybridized carbons (Fsp3) is 0.923. The van der Waals surface area contributed by atoms with Gasteiger partial charge in [-0.25, -0.2) is 0 Å². The lowest BCUT2D eigenvalue weighted by atomic mass is 9.78. The third-order valence-corrected chi connectivity index (χ3v) is 4.30. The number of Topliss-reactive ketones (excluding diaryl/α,β-unsaturated/α-hetero) is 1. The monoisotopic (exact) mass is 194 g/mol. The van der Waals surface area contributed by atoms with Gasteiger partial charge in [0.25, 0.3) is 0 Å². The van der Waals surface area contributed by atoms with E-state index in [2.05, 4.69) is 13.8 Å². The summed E-state index contributed by atoms with van der Waals surface area (Å²) in [5.41, 5.74) is 0. The molecule has 2 unspecified atom stereocenters. The van der Waals surface area contributed by atoms with Gasteiger partial charge in [-0.3, -0.25) is 4.79 Å². The molecule has 0 bridgehead atoms. The summed E-state index contributed by atoms with van der Waals surface area (Å²) in [4.78, 5) is 12.0. The molecule has 2 atom stereocenters. The third-order valence-electron chi connectivity index (χ3n) is 4.30. The van der Waals surface area contributed by atoms with Crippen LogP contribution in [0.4, 0.5) is 0 Å². The summed E-state index contributed by atoms with van der Waals surface area (Å²) >= 11 is 0. The molecule has 0 radical (unpaired) electrons. The maximum absolute atomic E-state index is 12.0. The summed E-state index contributed by atoms with van der Waals surface area (Å²) in [5, 5.41) is 0. The smallest absolute Gasteiger partial charge is 0.139 e. The van der Waals surface area contributed by atoms with Crippen molar-refractivity contribution in [2.24, 2.45) is 23.7 Å². The second-order valence-electron chi connectivity index (χ2n) is 5.35. The molecule has 2 saturated carbocycles. The van der Waals surface area contributed by atoms with Crippen LogP contribution in [0.25, 0.3) is 0 Å². The summed E-state index contributed by atoms with van der Waals surface area (Å²) in [6.07, 6.45) is 7.44. The van der Waals surface area contributed by atoms with E-state index in [0.717, 1.165) is 5.92 Å². The van der Waals surface area contributed by atoms with Crippen LogP contribution in [0.2, 0.25) is 0 Å². The first-order valence-electron chi connectivity index (χ1n) is 6.26. The number of hydrogen-bond acceptors (Lipinski definition) is 1. The van der Waals surface area contributed by atoms with E-state index in [-0.39, 0.29) is 0 Å². The zero-order valence-corrected chi connectivity index (χ0v) is 9.46. The molecule has 2 aliphatic carbocycles.